The zero-order valence-corrected chi connectivity index (χ0v) is 12.9. The summed E-state index contributed by atoms with van der Waals surface area (Å²) in [5.74, 6) is -0.0287. The van der Waals surface area contributed by atoms with E-state index < -0.39 is 11.2 Å². The Kier molecular flexibility index (Phi) is 4.67. The van der Waals surface area contributed by atoms with Gasteiger partial charge in [0.25, 0.3) is 0 Å². The Hall–Kier alpha value is -1.82. The highest BCUT2D eigenvalue weighted by Crippen LogP contribution is 2.29. The van der Waals surface area contributed by atoms with E-state index in [9.17, 15) is 9.18 Å². The predicted octanol–water partition coefficient (Wildman–Crippen LogP) is 2.62. The monoisotopic (exact) mass is 313 g/mol. The van der Waals surface area contributed by atoms with Crippen LogP contribution in [0.4, 0.5) is 4.39 Å². The van der Waals surface area contributed by atoms with Gasteiger partial charge in [-0.1, -0.05) is 0 Å². The van der Waals surface area contributed by atoms with Gasteiger partial charge in [-0.25, -0.2) is 9.37 Å². The topological polar surface area (TPSA) is 56.2 Å². The molecular weight excluding hydrogens is 297 g/mol. The third kappa shape index (κ3) is 3.10. The second kappa shape index (κ2) is 6.30. The van der Waals surface area contributed by atoms with Crippen molar-refractivity contribution in [1.82, 2.24) is 14.9 Å². The number of benzene rings is 1. The summed E-state index contributed by atoms with van der Waals surface area (Å²) in [7, 11) is 1.39. The number of alkyl halides is 1. The van der Waals surface area contributed by atoms with E-state index in [1.165, 1.54) is 19.2 Å². The average molecular weight is 314 g/mol. The number of hydrogen-bond acceptors (Lipinski definition) is 3. The summed E-state index contributed by atoms with van der Waals surface area (Å²) in [5.41, 5.74) is 1.06. The maximum atomic E-state index is 13.8. The number of nitrogens with zero attached hydrogens (tertiary/aromatic N) is 2. The fourth-order valence-corrected chi connectivity index (χ4v) is 2.33. The van der Waals surface area contributed by atoms with Crippen molar-refractivity contribution < 1.29 is 13.9 Å². The summed E-state index contributed by atoms with van der Waals surface area (Å²) in [4.78, 5) is 16.2. The van der Waals surface area contributed by atoms with Gasteiger partial charge < -0.3 is 14.6 Å². The number of halogens is 2. The first-order chi connectivity index (χ1) is 9.97. The van der Waals surface area contributed by atoms with E-state index in [4.69, 9.17) is 16.3 Å². The van der Waals surface area contributed by atoms with Gasteiger partial charge >= 0.3 is 0 Å². The third-order valence-corrected chi connectivity index (χ3v) is 3.28. The fraction of sp³-hybridized carbons (Fsp3) is 0.429. The lowest BCUT2D eigenvalue weighted by Crippen LogP contribution is -2.27. The van der Waals surface area contributed by atoms with Crippen LogP contribution in [0.1, 0.15) is 25.0 Å². The van der Waals surface area contributed by atoms with E-state index in [-0.39, 0.29) is 18.2 Å². The van der Waals surface area contributed by atoms with E-state index in [1.807, 2.05) is 6.92 Å². The summed E-state index contributed by atoms with van der Waals surface area (Å²) in [6.07, 6.45) is 0. The molecule has 0 aliphatic rings. The molecule has 7 heteroatoms. The molecule has 5 nitrogen and oxygen atoms in total. The smallest absolute Gasteiger partial charge is 0.239 e. The van der Waals surface area contributed by atoms with Crippen molar-refractivity contribution in [1.29, 1.82) is 0 Å². The first-order valence-electron chi connectivity index (χ1n) is 6.62. The molecule has 0 bridgehead atoms. The number of hydrogen-bond donors (Lipinski definition) is 1. The molecule has 1 N–H and O–H groups in total. The Labute approximate surface area is 127 Å². The molecule has 1 amide bonds. The summed E-state index contributed by atoms with van der Waals surface area (Å²) < 4.78 is 20.4. The fourth-order valence-electron chi connectivity index (χ4n) is 2.17. The Balaban J connectivity index is 2.57. The van der Waals surface area contributed by atoms with Crippen molar-refractivity contribution >= 4 is 28.5 Å². The summed E-state index contributed by atoms with van der Waals surface area (Å²) in [6, 6.07) is 2.81. The minimum absolute atomic E-state index is 0.0749. The number of methoxy groups -OCH3 is 1. The Morgan fingerprint density at radius 3 is 2.86 bits per heavy atom. The van der Waals surface area contributed by atoms with Crippen molar-refractivity contribution in [2.24, 2.45) is 0 Å². The molecule has 0 radical (unpaired) electrons. The lowest BCUT2D eigenvalue weighted by atomic mass is 10.3. The zero-order chi connectivity index (χ0) is 15.6. The van der Waals surface area contributed by atoms with Gasteiger partial charge in [0.1, 0.15) is 12.4 Å². The number of imidazole rings is 1. The number of amides is 1. The van der Waals surface area contributed by atoms with Gasteiger partial charge in [0.05, 0.1) is 23.5 Å². The maximum absolute atomic E-state index is 13.8. The number of carbonyl (C=O) groups is 1. The number of ether oxygens (including phenoxy) is 1. The van der Waals surface area contributed by atoms with Crippen LogP contribution in [0.2, 0.25) is 0 Å². The van der Waals surface area contributed by atoms with Gasteiger partial charge in [-0.2, -0.15) is 0 Å². The second-order valence-corrected chi connectivity index (χ2v) is 5.26. The van der Waals surface area contributed by atoms with E-state index >= 15 is 0 Å². The largest absolute Gasteiger partial charge is 0.494 e. The molecule has 1 heterocycles. The maximum Gasteiger partial charge on any atom is 0.239 e. The quantitative estimate of drug-likeness (QED) is 0.863. The number of aromatic nitrogens is 2. The first-order valence-corrected chi connectivity index (χ1v) is 7.06. The average Bonchev–Trinajstić information content (AvgIpc) is 2.76. The highest BCUT2D eigenvalue weighted by atomic mass is 35.5. The molecule has 1 aromatic heterocycles. The SMILES string of the molecule is CCNC(=O)Cn1c(C(C)Cl)nc2cc(F)c(OC)cc21. The predicted molar refractivity (Wildman–Crippen MR) is 79.2 cm³/mol. The first kappa shape index (κ1) is 15.6. The van der Waals surface area contributed by atoms with Crippen LogP contribution in [0.5, 0.6) is 5.75 Å². The number of nitrogens with one attached hydrogen (secondary N) is 1. The van der Waals surface area contributed by atoms with Gasteiger partial charge in [0.15, 0.2) is 11.6 Å². The Morgan fingerprint density at radius 1 is 1.57 bits per heavy atom. The number of likely N-dealkylation sites (N-methyl/N-ethyl adjacent to an activating group) is 1. The van der Waals surface area contributed by atoms with Gasteiger partial charge in [-0.05, 0) is 13.8 Å². The van der Waals surface area contributed by atoms with Crippen LogP contribution in [-0.2, 0) is 11.3 Å². The van der Waals surface area contributed by atoms with Crippen molar-refractivity contribution in [3.63, 3.8) is 0 Å². The van der Waals surface area contributed by atoms with Crippen LogP contribution in [0.25, 0.3) is 11.0 Å². The summed E-state index contributed by atoms with van der Waals surface area (Å²) >= 11 is 6.11. The van der Waals surface area contributed by atoms with Gasteiger partial charge in [-0.3, -0.25) is 4.79 Å². The van der Waals surface area contributed by atoms with E-state index in [0.29, 0.717) is 23.4 Å². The highest BCUT2D eigenvalue weighted by Gasteiger charge is 2.19. The van der Waals surface area contributed by atoms with Crippen LogP contribution in [0.15, 0.2) is 12.1 Å². The molecule has 0 saturated heterocycles. The van der Waals surface area contributed by atoms with Crippen LogP contribution < -0.4 is 10.1 Å². The molecular formula is C14H17ClFN3O2. The minimum Gasteiger partial charge on any atom is -0.494 e. The van der Waals surface area contributed by atoms with Gasteiger partial charge in [0.2, 0.25) is 5.91 Å². The minimum atomic E-state index is -0.499. The third-order valence-electron chi connectivity index (χ3n) is 3.08. The Bertz CT molecular complexity index is 670. The summed E-state index contributed by atoms with van der Waals surface area (Å²) in [5, 5.41) is 2.32. The molecule has 1 unspecified atom stereocenters. The molecule has 2 rings (SSSR count). The molecule has 0 spiro atoms. The van der Waals surface area contributed by atoms with Crippen molar-refractivity contribution in [3.05, 3.63) is 23.8 Å². The van der Waals surface area contributed by atoms with Crippen molar-refractivity contribution in [3.8, 4) is 5.75 Å². The summed E-state index contributed by atoms with van der Waals surface area (Å²) in [6.45, 7) is 4.21. The molecule has 2 aromatic rings. The van der Waals surface area contributed by atoms with Gasteiger partial charge in [-0.15, -0.1) is 11.6 Å². The Morgan fingerprint density at radius 2 is 2.29 bits per heavy atom. The van der Waals surface area contributed by atoms with E-state index in [0.717, 1.165) is 0 Å². The second-order valence-electron chi connectivity index (χ2n) is 4.60. The molecule has 0 aliphatic carbocycles. The molecule has 21 heavy (non-hydrogen) atoms. The molecule has 0 saturated carbocycles. The number of rotatable bonds is 5. The standard InChI is InChI=1S/C14H17ClFN3O2/c1-4-17-13(20)7-19-11-6-12(21-3)9(16)5-10(11)18-14(19)8(2)15/h5-6,8H,4,7H2,1-3H3,(H,17,20). The normalized spacial score (nSPS) is 12.4. The van der Waals surface area contributed by atoms with Crippen LogP contribution >= 0.6 is 11.6 Å². The van der Waals surface area contributed by atoms with Crippen LogP contribution in [0.3, 0.4) is 0 Å². The molecule has 0 fully saturated rings. The molecule has 1 aromatic carbocycles. The lowest BCUT2D eigenvalue weighted by Gasteiger charge is -2.10. The van der Waals surface area contributed by atoms with Gasteiger partial charge in [0, 0.05) is 18.7 Å². The lowest BCUT2D eigenvalue weighted by molar-refractivity contribution is -0.121. The zero-order valence-electron chi connectivity index (χ0n) is 12.1. The van der Waals surface area contributed by atoms with E-state index in [2.05, 4.69) is 10.3 Å². The van der Waals surface area contributed by atoms with Crippen molar-refractivity contribution in [2.45, 2.75) is 25.8 Å². The molecule has 1 atom stereocenters. The van der Waals surface area contributed by atoms with E-state index in [1.54, 1.807) is 11.5 Å². The van der Waals surface area contributed by atoms with Crippen LogP contribution in [0, 0.1) is 5.82 Å². The molecule has 114 valence electrons. The van der Waals surface area contributed by atoms with Crippen LogP contribution in [-0.4, -0.2) is 29.1 Å². The number of fused-ring (bicyclic) bond motifs is 1. The number of carbonyl (C=O) groups excluding carboxylic acids is 1. The molecule has 0 aliphatic heterocycles. The van der Waals surface area contributed by atoms with Crippen molar-refractivity contribution in [2.75, 3.05) is 13.7 Å². The highest BCUT2D eigenvalue weighted by molar-refractivity contribution is 6.20.